The maximum Gasteiger partial charge on any atom is 0.223 e. The molecule has 1 unspecified atom stereocenters. The van der Waals surface area contributed by atoms with E-state index in [1.54, 1.807) is 0 Å². The summed E-state index contributed by atoms with van der Waals surface area (Å²) < 4.78 is 5.03. The summed E-state index contributed by atoms with van der Waals surface area (Å²) in [6.07, 6.45) is 2.46. The molecule has 0 bridgehead atoms. The molecule has 1 aliphatic heterocycles. The maximum absolute atomic E-state index is 5.03. The minimum atomic E-state index is 0.554. The summed E-state index contributed by atoms with van der Waals surface area (Å²) in [4.78, 5) is 8.08. The van der Waals surface area contributed by atoms with E-state index in [1.165, 1.54) is 17.7 Å². The standard InChI is InChI=1S/C14H20N4OS/c1-11-16-14(17-19-11)10-18-6-2-4-12(9-18)15-8-13-5-3-7-20-13/h3,5,7,12,15H,2,4,6,8-10H2,1H3. The van der Waals surface area contributed by atoms with Crippen LogP contribution in [0.2, 0.25) is 0 Å². The summed E-state index contributed by atoms with van der Waals surface area (Å²) in [7, 11) is 0. The zero-order chi connectivity index (χ0) is 13.8. The highest BCUT2D eigenvalue weighted by Crippen LogP contribution is 2.14. The summed E-state index contributed by atoms with van der Waals surface area (Å²) in [5.41, 5.74) is 0. The highest BCUT2D eigenvalue weighted by atomic mass is 32.1. The Balaban J connectivity index is 1.48. The van der Waals surface area contributed by atoms with E-state index in [2.05, 4.69) is 37.9 Å². The number of nitrogens with one attached hydrogen (secondary N) is 1. The number of thiophene rings is 1. The molecule has 0 amide bonds. The minimum Gasteiger partial charge on any atom is -0.340 e. The largest absolute Gasteiger partial charge is 0.340 e. The number of likely N-dealkylation sites (tertiary alicyclic amines) is 1. The third-order valence-electron chi connectivity index (χ3n) is 3.59. The molecule has 20 heavy (non-hydrogen) atoms. The van der Waals surface area contributed by atoms with Crippen molar-refractivity contribution in [1.29, 1.82) is 0 Å². The van der Waals surface area contributed by atoms with Gasteiger partial charge in [0.15, 0.2) is 5.82 Å². The van der Waals surface area contributed by atoms with E-state index in [0.29, 0.717) is 11.9 Å². The fourth-order valence-electron chi connectivity index (χ4n) is 2.63. The summed E-state index contributed by atoms with van der Waals surface area (Å²) in [5, 5.41) is 9.75. The molecule has 3 heterocycles. The van der Waals surface area contributed by atoms with E-state index >= 15 is 0 Å². The molecule has 2 aromatic heterocycles. The molecular weight excluding hydrogens is 272 g/mol. The van der Waals surface area contributed by atoms with E-state index in [-0.39, 0.29) is 0 Å². The second-order valence-electron chi connectivity index (χ2n) is 5.26. The zero-order valence-corrected chi connectivity index (χ0v) is 12.5. The molecule has 1 N–H and O–H groups in total. The molecule has 1 fully saturated rings. The number of aryl methyl sites for hydroxylation is 1. The van der Waals surface area contributed by atoms with Gasteiger partial charge in [-0.1, -0.05) is 11.2 Å². The number of aromatic nitrogens is 2. The van der Waals surface area contributed by atoms with Gasteiger partial charge in [0.25, 0.3) is 0 Å². The summed E-state index contributed by atoms with van der Waals surface area (Å²) in [5.74, 6) is 1.44. The Labute approximate surface area is 123 Å². The topological polar surface area (TPSA) is 54.2 Å². The molecule has 1 aliphatic rings. The Hall–Kier alpha value is -1.24. The van der Waals surface area contributed by atoms with Crippen LogP contribution in [0.1, 0.15) is 29.4 Å². The van der Waals surface area contributed by atoms with Crippen molar-refractivity contribution in [2.45, 2.75) is 38.9 Å². The van der Waals surface area contributed by atoms with Gasteiger partial charge in [0.1, 0.15) is 0 Å². The summed E-state index contributed by atoms with van der Waals surface area (Å²) >= 11 is 1.81. The summed E-state index contributed by atoms with van der Waals surface area (Å²) in [6.45, 7) is 5.76. The predicted octanol–water partition coefficient (Wildman–Crippen LogP) is 2.19. The van der Waals surface area contributed by atoms with Crippen LogP contribution in [0.15, 0.2) is 22.0 Å². The van der Waals surface area contributed by atoms with Crippen LogP contribution in [-0.4, -0.2) is 34.2 Å². The molecule has 3 rings (SSSR count). The zero-order valence-electron chi connectivity index (χ0n) is 11.7. The molecule has 0 aromatic carbocycles. The van der Waals surface area contributed by atoms with Crippen molar-refractivity contribution >= 4 is 11.3 Å². The second kappa shape index (κ2) is 6.47. The van der Waals surface area contributed by atoms with Crippen LogP contribution in [-0.2, 0) is 13.1 Å². The lowest BCUT2D eigenvalue weighted by Crippen LogP contribution is -2.45. The van der Waals surface area contributed by atoms with Gasteiger partial charge in [-0.25, -0.2) is 0 Å². The van der Waals surface area contributed by atoms with Crippen LogP contribution in [0.3, 0.4) is 0 Å². The normalized spacial score (nSPS) is 20.4. The lowest BCUT2D eigenvalue weighted by atomic mass is 10.1. The maximum atomic E-state index is 5.03. The smallest absolute Gasteiger partial charge is 0.223 e. The van der Waals surface area contributed by atoms with Gasteiger partial charge >= 0.3 is 0 Å². The van der Waals surface area contributed by atoms with Crippen LogP contribution in [0.4, 0.5) is 0 Å². The van der Waals surface area contributed by atoms with E-state index in [4.69, 9.17) is 4.52 Å². The first-order valence-corrected chi connectivity index (χ1v) is 7.95. The molecule has 0 spiro atoms. The Kier molecular flexibility index (Phi) is 4.44. The first kappa shape index (κ1) is 13.7. The van der Waals surface area contributed by atoms with Crippen molar-refractivity contribution in [3.05, 3.63) is 34.1 Å². The number of nitrogens with zero attached hydrogens (tertiary/aromatic N) is 3. The van der Waals surface area contributed by atoms with E-state index in [9.17, 15) is 0 Å². The highest BCUT2D eigenvalue weighted by Gasteiger charge is 2.20. The van der Waals surface area contributed by atoms with Crippen molar-refractivity contribution in [1.82, 2.24) is 20.4 Å². The molecule has 108 valence electrons. The van der Waals surface area contributed by atoms with E-state index < -0.39 is 0 Å². The first-order chi connectivity index (χ1) is 9.79. The molecule has 6 heteroatoms. The van der Waals surface area contributed by atoms with Crippen LogP contribution in [0, 0.1) is 6.92 Å². The van der Waals surface area contributed by atoms with Gasteiger partial charge in [-0.05, 0) is 30.8 Å². The highest BCUT2D eigenvalue weighted by molar-refractivity contribution is 7.09. The Bertz CT molecular complexity index is 525. The van der Waals surface area contributed by atoms with Crippen molar-refractivity contribution in [2.75, 3.05) is 13.1 Å². The van der Waals surface area contributed by atoms with Gasteiger partial charge in [-0.2, -0.15) is 4.98 Å². The first-order valence-electron chi connectivity index (χ1n) is 7.07. The van der Waals surface area contributed by atoms with Gasteiger partial charge in [0.05, 0.1) is 6.54 Å². The molecule has 0 saturated carbocycles. The molecule has 1 atom stereocenters. The molecule has 5 nitrogen and oxygen atoms in total. The van der Waals surface area contributed by atoms with Crippen molar-refractivity contribution < 1.29 is 4.52 Å². The molecular formula is C14H20N4OS. The lowest BCUT2D eigenvalue weighted by Gasteiger charge is -2.32. The molecule has 1 saturated heterocycles. The second-order valence-corrected chi connectivity index (χ2v) is 6.30. The van der Waals surface area contributed by atoms with Gasteiger partial charge in [0.2, 0.25) is 5.89 Å². The van der Waals surface area contributed by atoms with Gasteiger partial charge in [-0.15, -0.1) is 11.3 Å². The van der Waals surface area contributed by atoms with Gasteiger partial charge in [-0.3, -0.25) is 4.90 Å². The van der Waals surface area contributed by atoms with E-state index in [0.717, 1.165) is 32.0 Å². The Morgan fingerprint density at radius 1 is 1.55 bits per heavy atom. The number of rotatable bonds is 5. The average molecular weight is 292 g/mol. The lowest BCUT2D eigenvalue weighted by molar-refractivity contribution is 0.177. The molecule has 2 aromatic rings. The minimum absolute atomic E-state index is 0.554. The Morgan fingerprint density at radius 3 is 3.25 bits per heavy atom. The average Bonchev–Trinajstić information content (AvgIpc) is 3.09. The predicted molar refractivity (Wildman–Crippen MR) is 78.5 cm³/mol. The fraction of sp³-hybridized carbons (Fsp3) is 0.571. The van der Waals surface area contributed by atoms with Crippen molar-refractivity contribution in [3.8, 4) is 0 Å². The Morgan fingerprint density at radius 2 is 2.50 bits per heavy atom. The van der Waals surface area contributed by atoms with Gasteiger partial charge in [0, 0.05) is 30.9 Å². The van der Waals surface area contributed by atoms with E-state index in [1.807, 2.05) is 18.3 Å². The summed E-state index contributed by atoms with van der Waals surface area (Å²) in [6, 6.07) is 4.84. The fourth-order valence-corrected chi connectivity index (χ4v) is 3.29. The number of piperidine rings is 1. The van der Waals surface area contributed by atoms with Crippen molar-refractivity contribution in [3.63, 3.8) is 0 Å². The van der Waals surface area contributed by atoms with Gasteiger partial charge < -0.3 is 9.84 Å². The van der Waals surface area contributed by atoms with Crippen LogP contribution >= 0.6 is 11.3 Å². The van der Waals surface area contributed by atoms with Crippen LogP contribution < -0.4 is 5.32 Å². The molecule has 0 aliphatic carbocycles. The third kappa shape index (κ3) is 3.65. The third-order valence-corrected chi connectivity index (χ3v) is 4.46. The SMILES string of the molecule is Cc1nc(CN2CCCC(NCc3cccs3)C2)no1. The van der Waals surface area contributed by atoms with Crippen molar-refractivity contribution in [2.24, 2.45) is 0 Å². The quantitative estimate of drug-likeness (QED) is 0.915. The monoisotopic (exact) mass is 292 g/mol. The number of hydrogen-bond acceptors (Lipinski definition) is 6. The van der Waals surface area contributed by atoms with Crippen LogP contribution in [0.25, 0.3) is 0 Å². The molecule has 0 radical (unpaired) electrons. The van der Waals surface area contributed by atoms with Crippen LogP contribution in [0.5, 0.6) is 0 Å². The number of hydrogen-bond donors (Lipinski definition) is 1.